The van der Waals surface area contributed by atoms with Gasteiger partial charge in [-0.05, 0) is 29.2 Å². The molecule has 5 rings (SSSR count). The second kappa shape index (κ2) is 7.78. The number of fused-ring (bicyclic) bond motifs is 1. The van der Waals surface area contributed by atoms with Crippen LogP contribution in [-0.2, 0) is 24.2 Å². The molecule has 0 radical (unpaired) electrons. The van der Waals surface area contributed by atoms with Gasteiger partial charge in [0.15, 0.2) is 5.82 Å². The van der Waals surface area contributed by atoms with E-state index < -0.39 is 0 Å². The first kappa shape index (κ1) is 18.6. The Morgan fingerprint density at radius 1 is 1.13 bits per heavy atom. The summed E-state index contributed by atoms with van der Waals surface area (Å²) in [6.07, 6.45) is 4.01. The number of aromatic amines is 1. The van der Waals surface area contributed by atoms with Gasteiger partial charge < -0.3 is 14.4 Å². The number of hydrogen-bond donors (Lipinski definition) is 1. The summed E-state index contributed by atoms with van der Waals surface area (Å²) >= 11 is 0. The monoisotopic (exact) mass is 400 g/mol. The van der Waals surface area contributed by atoms with E-state index in [4.69, 9.17) is 4.52 Å². The van der Waals surface area contributed by atoms with Gasteiger partial charge in [-0.1, -0.05) is 54.5 Å². The van der Waals surface area contributed by atoms with Crippen LogP contribution < -0.4 is 0 Å². The molecule has 1 N–H and O–H groups in total. The molecule has 1 fully saturated rings. The van der Waals surface area contributed by atoms with Gasteiger partial charge in [0.2, 0.25) is 11.8 Å². The smallest absolute Gasteiger partial charge is 0.231 e. The minimum absolute atomic E-state index is 0.0205. The second-order valence-electron chi connectivity index (χ2n) is 7.93. The molecule has 152 valence electrons. The van der Waals surface area contributed by atoms with Crippen molar-refractivity contribution in [3.63, 3.8) is 0 Å². The predicted octanol–water partition coefficient (Wildman–Crippen LogP) is 4.22. The van der Waals surface area contributed by atoms with Crippen molar-refractivity contribution < 1.29 is 9.32 Å². The van der Waals surface area contributed by atoms with E-state index in [1.807, 2.05) is 29.3 Å². The minimum atomic E-state index is -0.0205. The van der Waals surface area contributed by atoms with E-state index in [1.165, 1.54) is 5.56 Å². The van der Waals surface area contributed by atoms with Crippen LogP contribution in [0.1, 0.15) is 47.7 Å². The topological polar surface area (TPSA) is 75.0 Å². The number of rotatable bonds is 6. The molecule has 1 amide bonds. The zero-order valence-corrected chi connectivity index (χ0v) is 17.0. The van der Waals surface area contributed by atoms with E-state index >= 15 is 0 Å². The third-order valence-corrected chi connectivity index (χ3v) is 5.88. The fourth-order valence-electron chi connectivity index (χ4n) is 4.15. The molecule has 1 saturated heterocycles. The van der Waals surface area contributed by atoms with Gasteiger partial charge in [0.25, 0.3) is 0 Å². The Morgan fingerprint density at radius 2 is 1.93 bits per heavy atom. The molecular weight excluding hydrogens is 376 g/mol. The lowest BCUT2D eigenvalue weighted by Gasteiger charge is -2.16. The fraction of sp³-hybridized carbons (Fsp3) is 0.292. The SMILES string of the molecule is CCc1ccc(CN2CC(c3noc(Cc4c[nH]c5ccccc45)n3)CC2=O)cc1. The van der Waals surface area contributed by atoms with Crippen molar-refractivity contribution in [2.24, 2.45) is 0 Å². The van der Waals surface area contributed by atoms with Gasteiger partial charge >= 0.3 is 0 Å². The van der Waals surface area contributed by atoms with E-state index in [9.17, 15) is 4.79 Å². The summed E-state index contributed by atoms with van der Waals surface area (Å²) in [5, 5.41) is 5.34. The van der Waals surface area contributed by atoms with Crippen molar-refractivity contribution in [3.8, 4) is 0 Å². The minimum Gasteiger partial charge on any atom is -0.361 e. The second-order valence-corrected chi connectivity index (χ2v) is 7.93. The van der Waals surface area contributed by atoms with Crippen molar-refractivity contribution in [2.75, 3.05) is 6.54 Å². The van der Waals surface area contributed by atoms with E-state index in [0.29, 0.717) is 37.6 Å². The summed E-state index contributed by atoms with van der Waals surface area (Å²) in [5.41, 5.74) is 4.67. The average Bonchev–Trinajstić information content (AvgIpc) is 3.49. The molecule has 0 saturated carbocycles. The summed E-state index contributed by atoms with van der Waals surface area (Å²) in [6, 6.07) is 16.6. The Balaban J connectivity index is 1.26. The highest BCUT2D eigenvalue weighted by Crippen LogP contribution is 2.28. The number of amides is 1. The van der Waals surface area contributed by atoms with Crippen LogP contribution in [0.3, 0.4) is 0 Å². The number of aryl methyl sites for hydroxylation is 1. The lowest BCUT2D eigenvalue weighted by atomic mass is 10.1. The first-order chi connectivity index (χ1) is 14.7. The Labute approximate surface area is 174 Å². The molecule has 6 heteroatoms. The molecule has 2 aromatic heterocycles. The molecule has 3 heterocycles. The first-order valence-corrected chi connectivity index (χ1v) is 10.4. The number of carbonyl (C=O) groups is 1. The maximum atomic E-state index is 12.5. The third kappa shape index (κ3) is 3.61. The fourth-order valence-corrected chi connectivity index (χ4v) is 4.15. The molecule has 1 aliphatic heterocycles. The Bertz CT molecular complexity index is 1180. The van der Waals surface area contributed by atoms with Gasteiger partial charge in [-0.15, -0.1) is 0 Å². The molecule has 0 bridgehead atoms. The molecule has 4 aromatic rings. The average molecular weight is 400 g/mol. The van der Waals surface area contributed by atoms with Crippen molar-refractivity contribution in [3.05, 3.63) is 83.1 Å². The van der Waals surface area contributed by atoms with Gasteiger partial charge in [0.1, 0.15) is 0 Å². The largest absolute Gasteiger partial charge is 0.361 e. The molecule has 30 heavy (non-hydrogen) atoms. The van der Waals surface area contributed by atoms with E-state index in [-0.39, 0.29) is 11.8 Å². The normalized spacial score (nSPS) is 16.6. The maximum absolute atomic E-state index is 12.5. The molecular formula is C24H24N4O2. The maximum Gasteiger partial charge on any atom is 0.231 e. The Morgan fingerprint density at radius 3 is 2.77 bits per heavy atom. The molecule has 2 aromatic carbocycles. The summed E-state index contributed by atoms with van der Waals surface area (Å²) in [7, 11) is 0. The molecule has 0 aliphatic carbocycles. The number of aromatic nitrogens is 3. The zero-order valence-electron chi connectivity index (χ0n) is 17.0. The van der Waals surface area contributed by atoms with Gasteiger partial charge in [-0.25, -0.2) is 0 Å². The van der Waals surface area contributed by atoms with Gasteiger partial charge in [-0.2, -0.15) is 4.98 Å². The van der Waals surface area contributed by atoms with Crippen LogP contribution in [0, 0.1) is 0 Å². The van der Waals surface area contributed by atoms with E-state index in [0.717, 1.165) is 28.5 Å². The van der Waals surface area contributed by atoms with Crippen LogP contribution in [0.5, 0.6) is 0 Å². The Hall–Kier alpha value is -3.41. The number of nitrogens with zero attached hydrogens (tertiary/aromatic N) is 3. The van der Waals surface area contributed by atoms with E-state index in [2.05, 4.69) is 52.4 Å². The lowest BCUT2D eigenvalue weighted by molar-refractivity contribution is -0.128. The highest BCUT2D eigenvalue weighted by Gasteiger charge is 2.33. The van der Waals surface area contributed by atoms with Gasteiger partial charge in [-0.3, -0.25) is 4.79 Å². The number of H-pyrrole nitrogens is 1. The summed E-state index contributed by atoms with van der Waals surface area (Å²) in [5.74, 6) is 1.33. The van der Waals surface area contributed by atoms with Crippen molar-refractivity contribution in [1.29, 1.82) is 0 Å². The number of nitrogens with one attached hydrogen (secondary N) is 1. The first-order valence-electron chi connectivity index (χ1n) is 10.4. The van der Waals surface area contributed by atoms with Crippen molar-refractivity contribution >= 4 is 16.8 Å². The number of carbonyl (C=O) groups excluding carboxylic acids is 1. The highest BCUT2D eigenvalue weighted by molar-refractivity contribution is 5.83. The number of para-hydroxylation sites is 1. The van der Waals surface area contributed by atoms with Crippen molar-refractivity contribution in [2.45, 2.75) is 38.6 Å². The number of hydrogen-bond acceptors (Lipinski definition) is 4. The summed E-state index contributed by atoms with van der Waals surface area (Å²) in [4.78, 5) is 22.3. The lowest BCUT2D eigenvalue weighted by Crippen LogP contribution is -2.24. The standard InChI is InChI=1S/C24H24N4O2/c1-2-16-7-9-17(10-8-16)14-28-15-19(12-23(28)29)24-26-22(30-27-24)11-18-13-25-21-6-4-3-5-20(18)21/h3-10,13,19,25H,2,11-12,14-15H2,1H3. The highest BCUT2D eigenvalue weighted by atomic mass is 16.5. The quantitative estimate of drug-likeness (QED) is 0.526. The number of benzene rings is 2. The molecule has 6 nitrogen and oxygen atoms in total. The zero-order chi connectivity index (χ0) is 20.5. The van der Waals surface area contributed by atoms with Gasteiger partial charge in [0.05, 0.1) is 6.42 Å². The van der Waals surface area contributed by atoms with Crippen LogP contribution >= 0.6 is 0 Å². The van der Waals surface area contributed by atoms with Crippen LogP contribution in [-0.4, -0.2) is 32.5 Å². The molecule has 1 unspecified atom stereocenters. The van der Waals surface area contributed by atoms with Crippen LogP contribution in [0.4, 0.5) is 0 Å². The Kier molecular flexibility index (Phi) is 4.83. The van der Waals surface area contributed by atoms with Crippen LogP contribution in [0.2, 0.25) is 0 Å². The third-order valence-electron chi connectivity index (χ3n) is 5.88. The molecule has 0 spiro atoms. The van der Waals surface area contributed by atoms with E-state index in [1.54, 1.807) is 0 Å². The van der Waals surface area contributed by atoms with Crippen molar-refractivity contribution in [1.82, 2.24) is 20.0 Å². The number of likely N-dealkylation sites (tertiary alicyclic amines) is 1. The summed E-state index contributed by atoms with van der Waals surface area (Å²) < 4.78 is 5.51. The summed E-state index contributed by atoms with van der Waals surface area (Å²) in [6.45, 7) is 3.39. The predicted molar refractivity (Wildman–Crippen MR) is 114 cm³/mol. The van der Waals surface area contributed by atoms with Crippen LogP contribution in [0.25, 0.3) is 10.9 Å². The van der Waals surface area contributed by atoms with Gasteiger partial charge in [0, 0.05) is 42.5 Å². The molecule has 1 aliphatic rings. The molecule has 1 atom stereocenters. The van der Waals surface area contributed by atoms with Crippen LogP contribution in [0.15, 0.2) is 59.3 Å².